The third-order valence-corrected chi connectivity index (χ3v) is 4.25. The van der Waals surface area contributed by atoms with Gasteiger partial charge in [0.05, 0.1) is 0 Å². The van der Waals surface area contributed by atoms with Gasteiger partial charge in [-0.15, -0.1) is 35.7 Å². The molecule has 20 heavy (non-hydrogen) atoms. The number of guanidine groups is 1. The van der Waals surface area contributed by atoms with Gasteiger partial charge in [0.1, 0.15) is 0 Å². The minimum Gasteiger partial charge on any atom is -0.355 e. The molecule has 0 spiro atoms. The summed E-state index contributed by atoms with van der Waals surface area (Å²) in [5.74, 6) is 0.907. The minimum absolute atomic E-state index is 0. The zero-order valence-corrected chi connectivity index (χ0v) is 17.3. The van der Waals surface area contributed by atoms with Crippen LogP contribution in [-0.2, 0) is 0 Å². The molecule has 0 bridgehead atoms. The normalized spacial score (nSPS) is 11.8. The van der Waals surface area contributed by atoms with Gasteiger partial charge < -0.3 is 10.2 Å². The van der Waals surface area contributed by atoms with E-state index in [0.717, 1.165) is 17.0 Å². The minimum atomic E-state index is 0. The van der Waals surface area contributed by atoms with Gasteiger partial charge in [0.2, 0.25) is 0 Å². The van der Waals surface area contributed by atoms with Crippen molar-refractivity contribution in [1.82, 2.24) is 10.2 Å². The summed E-state index contributed by atoms with van der Waals surface area (Å²) in [6, 6.07) is 8.42. The predicted octanol–water partition coefficient (Wildman–Crippen LogP) is 4.07. The Bertz CT molecular complexity index is 433. The average Bonchev–Trinajstić information content (AvgIpc) is 2.32. The molecule has 0 atom stereocenters. The smallest absolute Gasteiger partial charge is 0.193 e. The summed E-state index contributed by atoms with van der Waals surface area (Å²) in [6.07, 6.45) is 0. The Balaban J connectivity index is 0.00000361. The van der Waals surface area contributed by atoms with Crippen LogP contribution < -0.4 is 5.32 Å². The van der Waals surface area contributed by atoms with Crippen molar-refractivity contribution in [3.8, 4) is 0 Å². The van der Waals surface area contributed by atoms with Gasteiger partial charge in [0.15, 0.2) is 5.96 Å². The van der Waals surface area contributed by atoms with Crippen LogP contribution in [0.25, 0.3) is 0 Å². The van der Waals surface area contributed by atoms with Gasteiger partial charge in [-0.2, -0.15) is 0 Å². The second-order valence-corrected chi connectivity index (χ2v) is 7.81. The van der Waals surface area contributed by atoms with Gasteiger partial charge in [0, 0.05) is 41.8 Å². The first-order valence-corrected chi connectivity index (χ1v) is 7.77. The van der Waals surface area contributed by atoms with E-state index in [1.165, 1.54) is 4.90 Å². The Hall–Kier alpha value is 0.0500. The van der Waals surface area contributed by atoms with Crippen molar-refractivity contribution in [2.45, 2.75) is 23.5 Å². The number of nitrogens with one attached hydrogen (secondary N) is 1. The van der Waals surface area contributed by atoms with Gasteiger partial charge in [-0.25, -0.2) is 0 Å². The molecule has 0 aliphatic carbocycles. The molecule has 0 aliphatic heterocycles. The van der Waals surface area contributed by atoms with Crippen molar-refractivity contribution in [3.63, 3.8) is 0 Å². The molecule has 3 nitrogen and oxygen atoms in total. The summed E-state index contributed by atoms with van der Waals surface area (Å²) < 4.78 is 1.21. The van der Waals surface area contributed by atoms with Crippen molar-refractivity contribution in [2.24, 2.45) is 4.99 Å². The van der Waals surface area contributed by atoms with Crippen LogP contribution in [0.5, 0.6) is 0 Å². The zero-order valence-electron chi connectivity index (χ0n) is 12.6. The monoisotopic (exact) mass is 471 g/mol. The molecule has 1 aromatic rings. The van der Waals surface area contributed by atoms with Crippen LogP contribution >= 0.6 is 51.7 Å². The number of nitrogens with zero attached hydrogens (tertiary/aromatic N) is 2. The molecule has 0 radical (unpaired) electrons. The van der Waals surface area contributed by atoms with E-state index in [9.17, 15) is 0 Å². The summed E-state index contributed by atoms with van der Waals surface area (Å²) in [6.45, 7) is 5.32. The molecule has 0 heterocycles. The highest BCUT2D eigenvalue weighted by Crippen LogP contribution is 2.32. The maximum absolute atomic E-state index is 4.23. The van der Waals surface area contributed by atoms with Crippen LogP contribution in [0.4, 0.5) is 0 Å². The van der Waals surface area contributed by atoms with Crippen molar-refractivity contribution in [2.75, 3.05) is 27.7 Å². The summed E-state index contributed by atoms with van der Waals surface area (Å²) in [5.41, 5.74) is 0. The van der Waals surface area contributed by atoms with Crippen molar-refractivity contribution >= 4 is 57.6 Å². The molecule has 1 N–H and O–H groups in total. The molecule has 0 saturated carbocycles. The molecule has 0 aliphatic rings. The van der Waals surface area contributed by atoms with Crippen LogP contribution in [-0.4, -0.2) is 43.3 Å². The maximum Gasteiger partial charge on any atom is 0.193 e. The van der Waals surface area contributed by atoms with Crippen LogP contribution in [0.15, 0.2) is 38.6 Å². The first-order chi connectivity index (χ1) is 8.84. The second kappa shape index (κ2) is 9.15. The molecule has 0 fully saturated rings. The Kier molecular flexibility index (Phi) is 9.17. The largest absolute Gasteiger partial charge is 0.355 e. The fraction of sp³-hybridized carbons (Fsp3) is 0.500. The van der Waals surface area contributed by atoms with E-state index in [-0.39, 0.29) is 28.7 Å². The lowest BCUT2D eigenvalue weighted by molar-refractivity contribution is 0.564. The summed E-state index contributed by atoms with van der Waals surface area (Å²) in [5, 5.41) is 3.39. The van der Waals surface area contributed by atoms with Crippen LogP contribution in [0.1, 0.15) is 13.8 Å². The molecule has 0 unspecified atom stereocenters. The standard InChI is InChI=1S/C14H22BrN3S.HI/c1-14(2,10-17-13(16-3)18(4)5)19-12-8-6-11(15)7-9-12;/h6-9H,10H2,1-5H3,(H,16,17);1H. The Labute approximate surface area is 152 Å². The van der Waals surface area contributed by atoms with Crippen LogP contribution in [0, 0.1) is 0 Å². The van der Waals surface area contributed by atoms with Crippen LogP contribution in [0.3, 0.4) is 0 Å². The number of thioether (sulfide) groups is 1. The van der Waals surface area contributed by atoms with Gasteiger partial charge in [-0.05, 0) is 38.1 Å². The van der Waals surface area contributed by atoms with Gasteiger partial charge in [-0.3, -0.25) is 4.99 Å². The molecule has 1 rings (SSSR count). The molecular weight excluding hydrogens is 449 g/mol. The van der Waals surface area contributed by atoms with E-state index >= 15 is 0 Å². The molecule has 6 heteroatoms. The number of hydrogen-bond acceptors (Lipinski definition) is 2. The molecule has 0 amide bonds. The fourth-order valence-electron chi connectivity index (χ4n) is 1.59. The fourth-order valence-corrected chi connectivity index (χ4v) is 2.91. The zero-order chi connectivity index (χ0) is 14.5. The van der Waals surface area contributed by atoms with E-state index in [1.807, 2.05) is 30.8 Å². The molecule has 114 valence electrons. The predicted molar refractivity (Wildman–Crippen MR) is 105 cm³/mol. The maximum atomic E-state index is 4.23. The molecule has 0 saturated heterocycles. The van der Waals surface area contributed by atoms with Gasteiger partial charge in [-0.1, -0.05) is 15.9 Å². The third-order valence-electron chi connectivity index (χ3n) is 2.52. The van der Waals surface area contributed by atoms with Crippen molar-refractivity contribution in [3.05, 3.63) is 28.7 Å². The highest BCUT2D eigenvalue weighted by atomic mass is 127. The lowest BCUT2D eigenvalue weighted by Crippen LogP contribution is -2.42. The van der Waals surface area contributed by atoms with Gasteiger partial charge in [0.25, 0.3) is 0 Å². The highest BCUT2D eigenvalue weighted by Gasteiger charge is 2.20. The van der Waals surface area contributed by atoms with Crippen molar-refractivity contribution in [1.29, 1.82) is 0 Å². The molecule has 1 aromatic carbocycles. The van der Waals surface area contributed by atoms with E-state index < -0.39 is 0 Å². The average molecular weight is 472 g/mol. The van der Waals surface area contributed by atoms with Gasteiger partial charge >= 0.3 is 0 Å². The summed E-state index contributed by atoms with van der Waals surface area (Å²) in [4.78, 5) is 7.48. The van der Waals surface area contributed by atoms with E-state index in [0.29, 0.717) is 0 Å². The SMILES string of the molecule is CN=C(NCC(C)(C)Sc1ccc(Br)cc1)N(C)C.I. The van der Waals surface area contributed by atoms with E-state index in [1.54, 1.807) is 7.05 Å². The quantitative estimate of drug-likeness (QED) is 0.310. The first kappa shape index (κ1) is 20.1. The summed E-state index contributed by atoms with van der Waals surface area (Å²) >= 11 is 5.32. The lowest BCUT2D eigenvalue weighted by atomic mass is 10.2. The van der Waals surface area contributed by atoms with Crippen molar-refractivity contribution < 1.29 is 0 Å². The Morgan fingerprint density at radius 2 is 1.85 bits per heavy atom. The topological polar surface area (TPSA) is 27.6 Å². The number of hydrogen-bond donors (Lipinski definition) is 1. The molecule has 0 aromatic heterocycles. The third kappa shape index (κ3) is 7.17. The van der Waals surface area contributed by atoms with E-state index in [4.69, 9.17) is 0 Å². The lowest BCUT2D eigenvalue weighted by Gasteiger charge is -2.27. The van der Waals surface area contributed by atoms with Crippen LogP contribution in [0.2, 0.25) is 0 Å². The van der Waals surface area contributed by atoms with E-state index in [2.05, 4.69) is 64.4 Å². The second-order valence-electron chi connectivity index (χ2n) is 5.11. The number of aliphatic imine (C=N–C) groups is 1. The Morgan fingerprint density at radius 1 is 1.30 bits per heavy atom. The number of benzene rings is 1. The highest BCUT2D eigenvalue weighted by molar-refractivity contribution is 14.0. The Morgan fingerprint density at radius 3 is 2.30 bits per heavy atom. The molecular formula is C14H23BrIN3S. The number of halogens is 2. The first-order valence-electron chi connectivity index (χ1n) is 6.16. The number of rotatable bonds is 4. The summed E-state index contributed by atoms with van der Waals surface area (Å²) in [7, 11) is 5.78.